The van der Waals surface area contributed by atoms with Crippen LogP contribution in [0.25, 0.3) is 0 Å². The number of para-hydroxylation sites is 2. The summed E-state index contributed by atoms with van der Waals surface area (Å²) in [6.07, 6.45) is 1.52. The van der Waals surface area contributed by atoms with Crippen molar-refractivity contribution in [1.82, 2.24) is 9.88 Å². The molecule has 1 unspecified atom stereocenters. The number of benzene rings is 1. The van der Waals surface area contributed by atoms with Crippen LogP contribution in [0.1, 0.15) is 17.4 Å². The van der Waals surface area contributed by atoms with Crippen molar-refractivity contribution in [3.63, 3.8) is 0 Å². The molecule has 1 amide bonds. The van der Waals surface area contributed by atoms with Gasteiger partial charge in [-0.25, -0.2) is 4.98 Å². The van der Waals surface area contributed by atoms with Gasteiger partial charge in [0.2, 0.25) is 0 Å². The predicted molar refractivity (Wildman–Crippen MR) is 91.6 cm³/mol. The van der Waals surface area contributed by atoms with Crippen LogP contribution in [0.2, 0.25) is 0 Å². The molecular formula is C18H21N3O3. The Hall–Kier alpha value is -2.76. The van der Waals surface area contributed by atoms with E-state index in [2.05, 4.69) is 9.88 Å². The molecule has 1 saturated heterocycles. The SMILES string of the molecule is COc1ccccc1N1CCN(C(=O)c2ncccc2O)C(C)C1. The standard InChI is InChI=1S/C18H21N3O3/c1-13-12-20(14-6-3-4-8-16(14)24-2)10-11-21(13)18(23)17-15(22)7-5-9-19-17/h3-9,13,22H,10-12H2,1-2H3. The van der Waals surface area contributed by atoms with Crippen LogP contribution in [0.5, 0.6) is 11.5 Å². The number of ether oxygens (including phenoxy) is 1. The fourth-order valence-electron chi connectivity index (χ4n) is 3.07. The summed E-state index contributed by atoms with van der Waals surface area (Å²) < 4.78 is 5.43. The van der Waals surface area contributed by atoms with E-state index in [0.717, 1.165) is 11.4 Å². The molecule has 24 heavy (non-hydrogen) atoms. The van der Waals surface area contributed by atoms with Gasteiger partial charge in [0.1, 0.15) is 11.5 Å². The maximum absolute atomic E-state index is 12.7. The number of carbonyl (C=O) groups is 1. The molecule has 1 aliphatic heterocycles. The summed E-state index contributed by atoms with van der Waals surface area (Å²) in [5.41, 5.74) is 1.13. The Balaban J connectivity index is 1.76. The monoisotopic (exact) mass is 327 g/mol. The number of hydrogen-bond acceptors (Lipinski definition) is 5. The maximum Gasteiger partial charge on any atom is 0.276 e. The van der Waals surface area contributed by atoms with Crippen LogP contribution in [-0.2, 0) is 0 Å². The van der Waals surface area contributed by atoms with Crippen molar-refractivity contribution in [3.8, 4) is 11.5 Å². The largest absolute Gasteiger partial charge is 0.505 e. The summed E-state index contributed by atoms with van der Waals surface area (Å²) in [6, 6.07) is 11.0. The normalized spacial score (nSPS) is 17.7. The van der Waals surface area contributed by atoms with Crippen LogP contribution in [0.4, 0.5) is 5.69 Å². The molecule has 1 aromatic heterocycles. The van der Waals surface area contributed by atoms with E-state index < -0.39 is 0 Å². The minimum Gasteiger partial charge on any atom is -0.505 e. The minimum atomic E-state index is -0.236. The molecule has 0 spiro atoms. The molecule has 0 saturated carbocycles. The highest BCUT2D eigenvalue weighted by Gasteiger charge is 2.30. The van der Waals surface area contributed by atoms with E-state index in [1.165, 1.54) is 12.3 Å². The Morgan fingerprint density at radius 3 is 2.75 bits per heavy atom. The molecule has 3 rings (SSSR count). The molecule has 126 valence electrons. The number of anilines is 1. The van der Waals surface area contributed by atoms with Gasteiger partial charge in [-0.05, 0) is 31.2 Å². The molecule has 6 nitrogen and oxygen atoms in total. The number of methoxy groups -OCH3 is 1. The summed E-state index contributed by atoms with van der Waals surface area (Å²) in [5.74, 6) is 0.508. The number of carbonyl (C=O) groups excluding carboxylic acids is 1. The Labute approximate surface area is 141 Å². The molecule has 0 aliphatic carbocycles. The second kappa shape index (κ2) is 6.78. The Morgan fingerprint density at radius 1 is 1.25 bits per heavy atom. The van der Waals surface area contributed by atoms with E-state index in [-0.39, 0.29) is 23.4 Å². The lowest BCUT2D eigenvalue weighted by molar-refractivity contribution is 0.0664. The van der Waals surface area contributed by atoms with E-state index in [9.17, 15) is 9.90 Å². The lowest BCUT2D eigenvalue weighted by Crippen LogP contribution is -2.54. The van der Waals surface area contributed by atoms with Gasteiger partial charge in [0.25, 0.3) is 5.91 Å². The van der Waals surface area contributed by atoms with Crippen molar-refractivity contribution >= 4 is 11.6 Å². The van der Waals surface area contributed by atoms with Gasteiger partial charge in [-0.15, -0.1) is 0 Å². The molecule has 1 atom stereocenters. The molecule has 2 aromatic rings. The lowest BCUT2D eigenvalue weighted by atomic mass is 10.1. The third-order valence-electron chi connectivity index (χ3n) is 4.30. The van der Waals surface area contributed by atoms with Gasteiger partial charge in [-0.3, -0.25) is 4.79 Å². The average molecular weight is 327 g/mol. The molecular weight excluding hydrogens is 306 g/mol. The van der Waals surface area contributed by atoms with Crippen LogP contribution in [0.15, 0.2) is 42.6 Å². The Bertz CT molecular complexity index is 735. The van der Waals surface area contributed by atoms with Crippen molar-refractivity contribution in [2.75, 3.05) is 31.6 Å². The highest BCUT2D eigenvalue weighted by molar-refractivity contribution is 5.95. The molecule has 1 aromatic carbocycles. The molecule has 6 heteroatoms. The molecule has 0 radical (unpaired) electrons. The summed E-state index contributed by atoms with van der Waals surface area (Å²) in [6.45, 7) is 3.96. The number of rotatable bonds is 3. The number of piperazine rings is 1. The topological polar surface area (TPSA) is 65.9 Å². The summed E-state index contributed by atoms with van der Waals surface area (Å²) >= 11 is 0. The smallest absolute Gasteiger partial charge is 0.276 e. The maximum atomic E-state index is 12.7. The van der Waals surface area contributed by atoms with Gasteiger partial charge in [-0.1, -0.05) is 12.1 Å². The molecule has 1 aliphatic rings. The fraction of sp³-hybridized carbons (Fsp3) is 0.333. The number of aromatic hydroxyl groups is 1. The van der Waals surface area contributed by atoms with E-state index in [1.807, 2.05) is 31.2 Å². The van der Waals surface area contributed by atoms with Crippen molar-refractivity contribution in [2.24, 2.45) is 0 Å². The first-order valence-electron chi connectivity index (χ1n) is 7.94. The minimum absolute atomic E-state index is 0.00225. The number of aromatic nitrogens is 1. The van der Waals surface area contributed by atoms with Gasteiger partial charge >= 0.3 is 0 Å². The van der Waals surface area contributed by atoms with E-state index in [4.69, 9.17) is 4.74 Å². The second-order valence-electron chi connectivity index (χ2n) is 5.84. The number of pyridine rings is 1. The quantitative estimate of drug-likeness (QED) is 0.936. The summed E-state index contributed by atoms with van der Waals surface area (Å²) in [4.78, 5) is 20.6. The highest BCUT2D eigenvalue weighted by Crippen LogP contribution is 2.30. The molecule has 0 bridgehead atoms. The highest BCUT2D eigenvalue weighted by atomic mass is 16.5. The van der Waals surface area contributed by atoms with Crippen LogP contribution in [-0.4, -0.2) is 53.7 Å². The van der Waals surface area contributed by atoms with E-state index >= 15 is 0 Å². The number of hydrogen-bond donors (Lipinski definition) is 1. The van der Waals surface area contributed by atoms with Crippen molar-refractivity contribution in [3.05, 3.63) is 48.3 Å². The van der Waals surface area contributed by atoms with E-state index in [0.29, 0.717) is 19.6 Å². The fourth-order valence-corrected chi connectivity index (χ4v) is 3.07. The first kappa shape index (κ1) is 16.1. The third-order valence-corrected chi connectivity index (χ3v) is 4.30. The van der Waals surface area contributed by atoms with Crippen LogP contribution in [0.3, 0.4) is 0 Å². The van der Waals surface area contributed by atoms with Crippen LogP contribution in [0, 0.1) is 0 Å². The number of amides is 1. The van der Waals surface area contributed by atoms with Gasteiger partial charge in [0.15, 0.2) is 5.69 Å². The number of nitrogens with zero attached hydrogens (tertiary/aromatic N) is 3. The van der Waals surface area contributed by atoms with Gasteiger partial charge in [0, 0.05) is 31.9 Å². The molecule has 1 fully saturated rings. The van der Waals surface area contributed by atoms with Gasteiger partial charge in [0.05, 0.1) is 12.8 Å². The van der Waals surface area contributed by atoms with Crippen molar-refractivity contribution in [1.29, 1.82) is 0 Å². The van der Waals surface area contributed by atoms with Gasteiger partial charge < -0.3 is 19.6 Å². The zero-order valence-corrected chi connectivity index (χ0v) is 13.8. The van der Waals surface area contributed by atoms with Crippen LogP contribution < -0.4 is 9.64 Å². The zero-order chi connectivity index (χ0) is 17.1. The first-order chi connectivity index (χ1) is 11.6. The molecule has 2 heterocycles. The van der Waals surface area contributed by atoms with Crippen molar-refractivity contribution in [2.45, 2.75) is 13.0 Å². The predicted octanol–water partition coefficient (Wildman–Crippen LogP) is 2.15. The molecule has 1 N–H and O–H groups in total. The zero-order valence-electron chi connectivity index (χ0n) is 13.8. The second-order valence-corrected chi connectivity index (χ2v) is 5.84. The van der Waals surface area contributed by atoms with Crippen molar-refractivity contribution < 1.29 is 14.6 Å². The lowest BCUT2D eigenvalue weighted by Gasteiger charge is -2.41. The summed E-state index contributed by atoms with van der Waals surface area (Å²) in [7, 11) is 1.66. The summed E-state index contributed by atoms with van der Waals surface area (Å²) in [5, 5.41) is 9.86. The Morgan fingerprint density at radius 2 is 2.04 bits per heavy atom. The van der Waals surface area contributed by atoms with E-state index in [1.54, 1.807) is 18.1 Å². The van der Waals surface area contributed by atoms with Gasteiger partial charge in [-0.2, -0.15) is 0 Å². The Kier molecular flexibility index (Phi) is 4.55. The third kappa shape index (κ3) is 2.99. The average Bonchev–Trinajstić information content (AvgIpc) is 2.61. The first-order valence-corrected chi connectivity index (χ1v) is 7.94. The van der Waals surface area contributed by atoms with Crippen LogP contribution >= 0.6 is 0 Å².